The second-order valence-corrected chi connectivity index (χ2v) is 4.07. The zero-order valence-corrected chi connectivity index (χ0v) is 9.63. The molecule has 0 aliphatic rings. The summed E-state index contributed by atoms with van der Waals surface area (Å²) in [6.45, 7) is 3.31. The van der Waals surface area contributed by atoms with Gasteiger partial charge in [-0.2, -0.15) is 0 Å². The molecule has 2 nitrogen and oxygen atoms in total. The Morgan fingerprint density at radius 2 is 1.82 bits per heavy atom. The Morgan fingerprint density at radius 3 is 2.41 bits per heavy atom. The van der Waals surface area contributed by atoms with E-state index in [2.05, 4.69) is 0 Å². The molecule has 4 heteroatoms. The van der Waals surface area contributed by atoms with Crippen LogP contribution in [0.2, 0.25) is 0 Å². The SMILES string of the molecule is Cc1cc(F)c(C(N)c2occc2C)cc1F. The van der Waals surface area contributed by atoms with Crippen molar-refractivity contribution in [2.24, 2.45) is 5.73 Å². The number of hydrogen-bond acceptors (Lipinski definition) is 2. The van der Waals surface area contributed by atoms with Crippen molar-refractivity contribution in [1.82, 2.24) is 0 Å². The summed E-state index contributed by atoms with van der Waals surface area (Å²) >= 11 is 0. The maximum atomic E-state index is 13.7. The number of rotatable bonds is 2. The largest absolute Gasteiger partial charge is 0.467 e. The summed E-state index contributed by atoms with van der Waals surface area (Å²) in [5, 5.41) is 0. The van der Waals surface area contributed by atoms with Gasteiger partial charge in [-0.1, -0.05) is 0 Å². The van der Waals surface area contributed by atoms with E-state index in [-0.39, 0.29) is 11.1 Å². The van der Waals surface area contributed by atoms with Crippen LogP contribution in [0.4, 0.5) is 8.78 Å². The molecular formula is C13H13F2NO. The van der Waals surface area contributed by atoms with E-state index in [1.165, 1.54) is 13.2 Å². The van der Waals surface area contributed by atoms with Crippen LogP contribution < -0.4 is 5.73 Å². The average Bonchev–Trinajstić information content (AvgIpc) is 2.69. The third-order valence-corrected chi connectivity index (χ3v) is 2.80. The minimum atomic E-state index is -0.792. The summed E-state index contributed by atoms with van der Waals surface area (Å²) in [5.74, 6) is -0.541. The van der Waals surface area contributed by atoms with E-state index in [1.54, 1.807) is 13.0 Å². The normalized spacial score (nSPS) is 12.8. The Bertz CT molecular complexity index is 548. The maximum Gasteiger partial charge on any atom is 0.128 e. The van der Waals surface area contributed by atoms with Gasteiger partial charge in [0.05, 0.1) is 12.3 Å². The monoisotopic (exact) mass is 237 g/mol. The van der Waals surface area contributed by atoms with Crippen LogP contribution in [0.15, 0.2) is 28.9 Å². The van der Waals surface area contributed by atoms with Crippen LogP contribution in [0, 0.1) is 25.5 Å². The van der Waals surface area contributed by atoms with Crippen molar-refractivity contribution in [1.29, 1.82) is 0 Å². The molecule has 1 aromatic carbocycles. The van der Waals surface area contributed by atoms with Gasteiger partial charge in [-0.3, -0.25) is 0 Å². The maximum absolute atomic E-state index is 13.7. The van der Waals surface area contributed by atoms with Crippen molar-refractivity contribution in [2.45, 2.75) is 19.9 Å². The Labute approximate surface area is 98.0 Å². The molecule has 0 aliphatic heterocycles. The molecule has 1 atom stereocenters. The van der Waals surface area contributed by atoms with E-state index in [0.717, 1.165) is 17.7 Å². The summed E-state index contributed by atoms with van der Waals surface area (Å²) < 4.78 is 32.3. The smallest absolute Gasteiger partial charge is 0.128 e. The number of halogens is 2. The van der Waals surface area contributed by atoms with E-state index < -0.39 is 17.7 Å². The fourth-order valence-corrected chi connectivity index (χ4v) is 1.74. The molecule has 2 rings (SSSR count). The van der Waals surface area contributed by atoms with Crippen LogP contribution >= 0.6 is 0 Å². The second-order valence-electron chi connectivity index (χ2n) is 4.07. The van der Waals surface area contributed by atoms with Gasteiger partial charge in [0.2, 0.25) is 0 Å². The van der Waals surface area contributed by atoms with Gasteiger partial charge in [0.1, 0.15) is 17.4 Å². The van der Waals surface area contributed by atoms with Gasteiger partial charge in [0.25, 0.3) is 0 Å². The Balaban J connectivity index is 2.48. The van der Waals surface area contributed by atoms with Crippen LogP contribution in [-0.2, 0) is 0 Å². The standard InChI is InChI=1S/C13H13F2NO/c1-7-3-4-17-13(7)12(16)9-6-10(14)8(2)5-11(9)15/h3-6,12H,16H2,1-2H3. The highest BCUT2D eigenvalue weighted by Gasteiger charge is 2.19. The highest BCUT2D eigenvalue weighted by atomic mass is 19.1. The molecule has 0 radical (unpaired) electrons. The molecule has 0 fully saturated rings. The quantitative estimate of drug-likeness (QED) is 0.871. The first kappa shape index (κ1) is 11.8. The number of nitrogens with two attached hydrogens (primary N) is 1. The lowest BCUT2D eigenvalue weighted by Crippen LogP contribution is -2.14. The fourth-order valence-electron chi connectivity index (χ4n) is 1.74. The Kier molecular flexibility index (Phi) is 2.98. The molecule has 1 aromatic heterocycles. The molecule has 2 N–H and O–H groups in total. The van der Waals surface area contributed by atoms with Crippen LogP contribution in [-0.4, -0.2) is 0 Å². The summed E-state index contributed by atoms with van der Waals surface area (Å²) in [6, 6.07) is 3.21. The minimum absolute atomic E-state index is 0.103. The van der Waals surface area contributed by atoms with Gasteiger partial charge in [-0.15, -0.1) is 0 Å². The van der Waals surface area contributed by atoms with Crippen molar-refractivity contribution >= 4 is 0 Å². The van der Waals surface area contributed by atoms with Gasteiger partial charge >= 0.3 is 0 Å². The summed E-state index contributed by atoms with van der Waals surface area (Å²) in [6.07, 6.45) is 1.48. The molecule has 0 aliphatic carbocycles. The van der Waals surface area contributed by atoms with E-state index in [0.29, 0.717) is 5.76 Å². The highest BCUT2D eigenvalue weighted by Crippen LogP contribution is 2.27. The lowest BCUT2D eigenvalue weighted by Gasteiger charge is -2.12. The summed E-state index contributed by atoms with van der Waals surface area (Å²) in [5.41, 5.74) is 7.06. The number of hydrogen-bond donors (Lipinski definition) is 1. The average molecular weight is 237 g/mol. The lowest BCUT2D eigenvalue weighted by molar-refractivity contribution is 0.475. The first-order valence-corrected chi connectivity index (χ1v) is 5.26. The van der Waals surface area contributed by atoms with Crippen molar-refractivity contribution in [3.63, 3.8) is 0 Å². The van der Waals surface area contributed by atoms with E-state index >= 15 is 0 Å². The van der Waals surface area contributed by atoms with Gasteiger partial charge in [0, 0.05) is 5.56 Å². The van der Waals surface area contributed by atoms with Gasteiger partial charge < -0.3 is 10.2 Å². The molecular weight excluding hydrogens is 224 g/mol. The van der Waals surface area contributed by atoms with Crippen molar-refractivity contribution in [3.8, 4) is 0 Å². The van der Waals surface area contributed by atoms with Crippen LogP contribution in [0.3, 0.4) is 0 Å². The van der Waals surface area contributed by atoms with Crippen LogP contribution in [0.1, 0.15) is 28.5 Å². The lowest BCUT2D eigenvalue weighted by atomic mass is 10.0. The van der Waals surface area contributed by atoms with Gasteiger partial charge in [-0.05, 0) is 43.2 Å². The van der Waals surface area contributed by atoms with Crippen LogP contribution in [0.5, 0.6) is 0 Å². The third kappa shape index (κ3) is 2.08. The topological polar surface area (TPSA) is 39.2 Å². The first-order chi connectivity index (χ1) is 8.00. The van der Waals surface area contributed by atoms with Gasteiger partial charge in [0.15, 0.2) is 0 Å². The molecule has 0 amide bonds. The van der Waals surface area contributed by atoms with Crippen molar-refractivity contribution in [2.75, 3.05) is 0 Å². The predicted molar refractivity (Wildman–Crippen MR) is 60.6 cm³/mol. The molecule has 0 saturated carbocycles. The van der Waals surface area contributed by atoms with Gasteiger partial charge in [-0.25, -0.2) is 8.78 Å². The van der Waals surface area contributed by atoms with E-state index in [9.17, 15) is 8.78 Å². The molecule has 90 valence electrons. The molecule has 0 spiro atoms. The van der Waals surface area contributed by atoms with E-state index in [4.69, 9.17) is 10.2 Å². The van der Waals surface area contributed by atoms with Crippen LogP contribution in [0.25, 0.3) is 0 Å². The van der Waals surface area contributed by atoms with Crippen molar-refractivity contribution in [3.05, 3.63) is 58.5 Å². The predicted octanol–water partition coefficient (Wildman–Crippen LogP) is 3.22. The Hall–Kier alpha value is -1.68. The summed E-state index contributed by atoms with van der Waals surface area (Å²) in [7, 11) is 0. The highest BCUT2D eigenvalue weighted by molar-refractivity contribution is 5.33. The number of furan rings is 1. The zero-order valence-electron chi connectivity index (χ0n) is 9.63. The molecule has 1 unspecified atom stereocenters. The van der Waals surface area contributed by atoms with Crippen molar-refractivity contribution < 1.29 is 13.2 Å². The molecule has 1 heterocycles. The third-order valence-electron chi connectivity index (χ3n) is 2.80. The molecule has 0 saturated heterocycles. The number of benzene rings is 1. The second kappa shape index (κ2) is 4.30. The first-order valence-electron chi connectivity index (χ1n) is 5.26. The molecule has 2 aromatic rings. The van der Waals surface area contributed by atoms with E-state index in [1.807, 2.05) is 0 Å². The fraction of sp³-hybridized carbons (Fsp3) is 0.231. The Morgan fingerprint density at radius 1 is 1.12 bits per heavy atom. The summed E-state index contributed by atoms with van der Waals surface area (Å²) in [4.78, 5) is 0. The molecule has 0 bridgehead atoms. The minimum Gasteiger partial charge on any atom is -0.467 e. The number of aryl methyl sites for hydroxylation is 2. The zero-order chi connectivity index (χ0) is 12.6. The molecule has 17 heavy (non-hydrogen) atoms.